The van der Waals surface area contributed by atoms with Gasteiger partial charge in [0.15, 0.2) is 5.75 Å². The number of hydrogen-bond donors (Lipinski definition) is 1. The van der Waals surface area contributed by atoms with Crippen LogP contribution in [-0.2, 0) is 6.54 Å². The van der Waals surface area contributed by atoms with Crippen molar-refractivity contribution in [2.24, 2.45) is 5.73 Å². The summed E-state index contributed by atoms with van der Waals surface area (Å²) in [5.41, 5.74) is 12.0. The van der Waals surface area contributed by atoms with Gasteiger partial charge in [-0.15, -0.1) is 0 Å². The van der Waals surface area contributed by atoms with Crippen LogP contribution < -0.4 is 10.5 Å². The molecule has 0 unspecified atom stereocenters. The zero-order valence-corrected chi connectivity index (χ0v) is 14.9. The number of methoxy groups -OCH3 is 1. The summed E-state index contributed by atoms with van der Waals surface area (Å²) in [7, 11) is 1.71. The third-order valence-corrected chi connectivity index (χ3v) is 4.66. The number of aromatic nitrogens is 2. The van der Waals surface area contributed by atoms with E-state index in [1.807, 2.05) is 48.0 Å². The summed E-state index contributed by atoms with van der Waals surface area (Å²) in [5, 5.41) is 5.86. The van der Waals surface area contributed by atoms with E-state index in [0.29, 0.717) is 6.54 Å². The van der Waals surface area contributed by atoms with E-state index in [4.69, 9.17) is 15.6 Å². The van der Waals surface area contributed by atoms with Crippen molar-refractivity contribution in [3.8, 4) is 22.6 Å². The Balaban J connectivity index is 2.03. The lowest BCUT2D eigenvalue weighted by Gasteiger charge is -2.13. The smallest absolute Gasteiger partial charge is 0.153 e. The maximum atomic E-state index is 5.86. The van der Waals surface area contributed by atoms with Gasteiger partial charge in [-0.2, -0.15) is 5.10 Å². The van der Waals surface area contributed by atoms with Gasteiger partial charge < -0.3 is 10.5 Å². The molecule has 1 aromatic heterocycles. The van der Waals surface area contributed by atoms with Crippen molar-refractivity contribution in [1.82, 2.24) is 9.78 Å². The highest BCUT2D eigenvalue weighted by atomic mass is 16.5. The van der Waals surface area contributed by atoms with E-state index in [1.165, 1.54) is 0 Å². The number of nitrogens with zero attached hydrogens (tertiary/aromatic N) is 2. The molecule has 4 heteroatoms. The Labute approximate surface area is 152 Å². The van der Waals surface area contributed by atoms with Crippen LogP contribution in [0.2, 0.25) is 0 Å². The fourth-order valence-corrected chi connectivity index (χ4v) is 3.38. The van der Waals surface area contributed by atoms with Crippen molar-refractivity contribution in [2.45, 2.75) is 13.5 Å². The predicted octanol–water partition coefficient (Wildman–Crippen LogP) is 4.47. The molecule has 130 valence electrons. The predicted molar refractivity (Wildman–Crippen MR) is 106 cm³/mol. The van der Waals surface area contributed by atoms with Crippen LogP contribution in [0.25, 0.3) is 27.7 Å². The molecule has 4 nitrogen and oxygen atoms in total. The Kier molecular flexibility index (Phi) is 4.19. The molecule has 4 aromatic rings. The zero-order valence-electron chi connectivity index (χ0n) is 14.9. The summed E-state index contributed by atoms with van der Waals surface area (Å²) >= 11 is 0. The van der Waals surface area contributed by atoms with Crippen LogP contribution in [0.5, 0.6) is 5.75 Å². The van der Waals surface area contributed by atoms with Crippen molar-refractivity contribution in [3.05, 3.63) is 78.0 Å². The third kappa shape index (κ3) is 2.65. The lowest BCUT2D eigenvalue weighted by atomic mass is 10.0. The average molecular weight is 343 g/mol. The van der Waals surface area contributed by atoms with Gasteiger partial charge in [-0.3, -0.25) is 0 Å². The van der Waals surface area contributed by atoms with Crippen LogP contribution in [0.1, 0.15) is 11.3 Å². The summed E-state index contributed by atoms with van der Waals surface area (Å²) < 4.78 is 7.81. The van der Waals surface area contributed by atoms with Crippen LogP contribution in [0.3, 0.4) is 0 Å². The number of benzene rings is 3. The lowest BCUT2D eigenvalue weighted by molar-refractivity contribution is 0.419. The van der Waals surface area contributed by atoms with Crippen molar-refractivity contribution < 1.29 is 4.74 Å². The molecule has 0 aliphatic rings. The quantitative estimate of drug-likeness (QED) is 0.595. The van der Waals surface area contributed by atoms with Crippen molar-refractivity contribution >= 4 is 10.9 Å². The molecule has 0 atom stereocenters. The molecular formula is C22H21N3O. The number of nitrogens with two attached hydrogens (primary N) is 1. The Morgan fingerprint density at radius 3 is 2.54 bits per heavy atom. The molecule has 0 saturated heterocycles. The molecule has 0 fully saturated rings. The summed E-state index contributed by atoms with van der Waals surface area (Å²) in [6.07, 6.45) is 0. The minimum absolute atomic E-state index is 0.498. The highest BCUT2D eigenvalue weighted by Crippen LogP contribution is 2.38. The van der Waals surface area contributed by atoms with E-state index in [0.717, 1.165) is 44.7 Å². The molecule has 3 aromatic carbocycles. The summed E-state index contributed by atoms with van der Waals surface area (Å²) in [6, 6.07) is 22.6. The summed E-state index contributed by atoms with van der Waals surface area (Å²) in [4.78, 5) is 0. The Morgan fingerprint density at radius 1 is 1.00 bits per heavy atom. The van der Waals surface area contributed by atoms with Gasteiger partial charge in [0.1, 0.15) is 5.52 Å². The first-order chi connectivity index (χ1) is 12.7. The number of hydrogen-bond acceptors (Lipinski definition) is 3. The molecule has 4 rings (SSSR count). The van der Waals surface area contributed by atoms with Crippen molar-refractivity contribution in [1.29, 1.82) is 0 Å². The number of aryl methyl sites for hydroxylation is 1. The van der Waals surface area contributed by atoms with E-state index in [2.05, 4.69) is 30.3 Å². The van der Waals surface area contributed by atoms with Crippen LogP contribution >= 0.6 is 0 Å². The van der Waals surface area contributed by atoms with Gasteiger partial charge in [-0.1, -0.05) is 48.5 Å². The van der Waals surface area contributed by atoms with Crippen LogP contribution in [0.4, 0.5) is 0 Å². The largest absolute Gasteiger partial charge is 0.494 e. The second kappa shape index (κ2) is 6.65. The van der Waals surface area contributed by atoms with Gasteiger partial charge >= 0.3 is 0 Å². The summed E-state index contributed by atoms with van der Waals surface area (Å²) in [5.74, 6) is 0.826. The van der Waals surface area contributed by atoms with Gasteiger partial charge in [-0.25, -0.2) is 4.68 Å². The second-order valence-electron chi connectivity index (χ2n) is 6.28. The number of fused-ring (bicyclic) bond motifs is 1. The van der Waals surface area contributed by atoms with Gasteiger partial charge in [0.2, 0.25) is 0 Å². The topological polar surface area (TPSA) is 53.1 Å². The fourth-order valence-electron chi connectivity index (χ4n) is 3.38. The molecule has 2 N–H and O–H groups in total. The Morgan fingerprint density at radius 2 is 1.81 bits per heavy atom. The average Bonchev–Trinajstić information content (AvgIpc) is 3.05. The first kappa shape index (κ1) is 16.4. The molecule has 1 heterocycles. The van der Waals surface area contributed by atoms with Gasteiger partial charge in [-0.05, 0) is 36.2 Å². The van der Waals surface area contributed by atoms with Crippen molar-refractivity contribution in [3.63, 3.8) is 0 Å². The van der Waals surface area contributed by atoms with E-state index in [1.54, 1.807) is 7.11 Å². The molecule has 0 bridgehead atoms. The van der Waals surface area contributed by atoms with Gasteiger partial charge in [0, 0.05) is 17.5 Å². The fraction of sp³-hybridized carbons (Fsp3) is 0.136. The number of rotatable bonds is 4. The minimum Gasteiger partial charge on any atom is -0.494 e. The molecule has 0 amide bonds. The normalized spacial score (nSPS) is 11.0. The second-order valence-corrected chi connectivity index (χ2v) is 6.28. The van der Waals surface area contributed by atoms with E-state index in [-0.39, 0.29) is 0 Å². The number of ether oxygens (including phenoxy) is 1. The Hall–Kier alpha value is -3.11. The maximum Gasteiger partial charge on any atom is 0.153 e. The molecule has 26 heavy (non-hydrogen) atoms. The molecule has 0 spiro atoms. The monoisotopic (exact) mass is 343 g/mol. The van der Waals surface area contributed by atoms with Gasteiger partial charge in [0.05, 0.1) is 18.5 Å². The first-order valence-electron chi connectivity index (χ1n) is 8.64. The van der Waals surface area contributed by atoms with Crippen LogP contribution in [0.15, 0.2) is 66.7 Å². The van der Waals surface area contributed by atoms with Gasteiger partial charge in [0.25, 0.3) is 0 Å². The minimum atomic E-state index is 0.498. The highest BCUT2D eigenvalue weighted by molar-refractivity contribution is 5.95. The molecule has 0 aliphatic heterocycles. The standard InChI is InChI=1S/C22H21N3O/c1-15-19-11-12-20(17-8-4-3-5-9-17)22(26-2)21(19)25(24-15)18-10-6-7-16(13-18)14-23/h3-13H,14,23H2,1-2H3. The van der Waals surface area contributed by atoms with E-state index >= 15 is 0 Å². The SMILES string of the molecule is COc1c(-c2ccccc2)ccc2c(C)nn(-c3cccc(CN)c3)c12. The maximum absolute atomic E-state index is 5.86. The van der Waals surface area contributed by atoms with Crippen molar-refractivity contribution in [2.75, 3.05) is 7.11 Å². The molecule has 0 saturated carbocycles. The molecular weight excluding hydrogens is 322 g/mol. The molecule has 0 radical (unpaired) electrons. The first-order valence-corrected chi connectivity index (χ1v) is 8.64. The molecule has 0 aliphatic carbocycles. The Bertz CT molecular complexity index is 1070. The zero-order chi connectivity index (χ0) is 18.1. The summed E-state index contributed by atoms with van der Waals surface area (Å²) in [6.45, 7) is 2.52. The highest BCUT2D eigenvalue weighted by Gasteiger charge is 2.18. The third-order valence-electron chi connectivity index (χ3n) is 4.66. The van der Waals surface area contributed by atoms with E-state index < -0.39 is 0 Å². The lowest BCUT2D eigenvalue weighted by Crippen LogP contribution is -2.02. The van der Waals surface area contributed by atoms with E-state index in [9.17, 15) is 0 Å². The van der Waals surface area contributed by atoms with Crippen LogP contribution in [-0.4, -0.2) is 16.9 Å². The van der Waals surface area contributed by atoms with Crippen LogP contribution in [0, 0.1) is 6.92 Å².